The van der Waals surface area contributed by atoms with Gasteiger partial charge in [0.1, 0.15) is 22.0 Å². The fourth-order valence-electron chi connectivity index (χ4n) is 1.98. The number of fused-ring (bicyclic) bond motifs is 1. The van der Waals surface area contributed by atoms with Gasteiger partial charge in [0, 0.05) is 5.56 Å². The highest BCUT2D eigenvalue weighted by Gasteiger charge is 2.12. The highest BCUT2D eigenvalue weighted by molar-refractivity contribution is 9.10. The molecule has 0 saturated carbocycles. The van der Waals surface area contributed by atoms with Gasteiger partial charge in [0.05, 0.1) is 18.8 Å². The van der Waals surface area contributed by atoms with E-state index >= 15 is 0 Å². The fraction of sp³-hybridized carbons (Fsp3) is 0.0714. The Labute approximate surface area is 117 Å². The van der Waals surface area contributed by atoms with E-state index in [0.717, 1.165) is 15.9 Å². The molecule has 5 heteroatoms. The fourth-order valence-corrected chi connectivity index (χ4v) is 2.47. The van der Waals surface area contributed by atoms with Crippen molar-refractivity contribution in [1.82, 2.24) is 9.38 Å². The molecule has 96 valence electrons. The summed E-state index contributed by atoms with van der Waals surface area (Å²) in [5.41, 5.74) is 1.62. The predicted octanol–water partition coefficient (Wildman–Crippen LogP) is 3.91. The summed E-state index contributed by atoms with van der Waals surface area (Å²) >= 11 is 3.41. The number of ether oxygens (including phenoxy) is 1. The van der Waals surface area contributed by atoms with E-state index in [9.17, 15) is 4.39 Å². The number of hydrogen-bond acceptors (Lipinski definition) is 2. The molecule has 19 heavy (non-hydrogen) atoms. The van der Waals surface area contributed by atoms with Crippen LogP contribution < -0.4 is 4.74 Å². The Morgan fingerprint density at radius 1 is 1.26 bits per heavy atom. The quantitative estimate of drug-likeness (QED) is 0.715. The van der Waals surface area contributed by atoms with E-state index in [2.05, 4.69) is 20.9 Å². The summed E-state index contributed by atoms with van der Waals surface area (Å²) in [7, 11) is 1.61. The molecular weight excluding hydrogens is 311 g/mol. The van der Waals surface area contributed by atoms with Gasteiger partial charge in [-0.05, 0) is 40.2 Å². The SMILES string of the molecule is COc1ccc2c(Br)nc(-c3cccc(F)c3)n2c1. The van der Waals surface area contributed by atoms with E-state index in [1.165, 1.54) is 12.1 Å². The molecule has 0 aliphatic carbocycles. The van der Waals surface area contributed by atoms with Gasteiger partial charge in [-0.2, -0.15) is 0 Å². The van der Waals surface area contributed by atoms with Crippen molar-refractivity contribution in [2.75, 3.05) is 7.11 Å². The van der Waals surface area contributed by atoms with Crippen molar-refractivity contribution in [1.29, 1.82) is 0 Å². The zero-order valence-corrected chi connectivity index (χ0v) is 11.7. The van der Waals surface area contributed by atoms with Crippen molar-refractivity contribution < 1.29 is 9.13 Å². The van der Waals surface area contributed by atoms with Gasteiger partial charge in [0.25, 0.3) is 0 Å². The molecule has 0 fully saturated rings. The molecule has 0 aliphatic heterocycles. The average molecular weight is 321 g/mol. The third-order valence-electron chi connectivity index (χ3n) is 2.88. The predicted molar refractivity (Wildman–Crippen MR) is 74.8 cm³/mol. The molecule has 0 spiro atoms. The molecule has 0 bridgehead atoms. The molecule has 0 amide bonds. The van der Waals surface area contributed by atoms with Gasteiger partial charge in [0.15, 0.2) is 0 Å². The van der Waals surface area contributed by atoms with E-state index < -0.39 is 0 Å². The molecule has 0 N–H and O–H groups in total. The van der Waals surface area contributed by atoms with Gasteiger partial charge in [0.2, 0.25) is 0 Å². The van der Waals surface area contributed by atoms with Crippen molar-refractivity contribution >= 4 is 21.4 Å². The van der Waals surface area contributed by atoms with Crippen LogP contribution in [0.1, 0.15) is 0 Å². The van der Waals surface area contributed by atoms with Crippen molar-refractivity contribution in [3.8, 4) is 17.1 Å². The topological polar surface area (TPSA) is 26.5 Å². The van der Waals surface area contributed by atoms with E-state index in [0.29, 0.717) is 11.4 Å². The molecule has 3 nitrogen and oxygen atoms in total. The molecule has 2 aromatic heterocycles. The smallest absolute Gasteiger partial charge is 0.146 e. The number of benzene rings is 1. The number of methoxy groups -OCH3 is 1. The second-order valence-electron chi connectivity index (χ2n) is 4.06. The van der Waals surface area contributed by atoms with Gasteiger partial charge in [-0.1, -0.05) is 12.1 Å². The van der Waals surface area contributed by atoms with E-state index in [1.807, 2.05) is 28.8 Å². The zero-order valence-electron chi connectivity index (χ0n) is 10.1. The lowest BCUT2D eigenvalue weighted by Gasteiger charge is -2.04. The first kappa shape index (κ1) is 12.2. The first-order valence-electron chi connectivity index (χ1n) is 5.66. The summed E-state index contributed by atoms with van der Waals surface area (Å²) in [5.74, 6) is 1.10. The third-order valence-corrected chi connectivity index (χ3v) is 3.47. The van der Waals surface area contributed by atoms with Crippen LogP contribution in [0, 0.1) is 5.82 Å². The van der Waals surface area contributed by atoms with Gasteiger partial charge >= 0.3 is 0 Å². The number of halogens is 2. The molecule has 0 aliphatic rings. The Morgan fingerprint density at radius 3 is 2.84 bits per heavy atom. The summed E-state index contributed by atoms with van der Waals surface area (Å²) < 4.78 is 21.1. The monoisotopic (exact) mass is 320 g/mol. The molecule has 3 rings (SSSR count). The van der Waals surface area contributed by atoms with Crippen LogP contribution in [0.4, 0.5) is 4.39 Å². The summed E-state index contributed by atoms with van der Waals surface area (Å²) in [4.78, 5) is 4.43. The summed E-state index contributed by atoms with van der Waals surface area (Å²) in [6.07, 6.45) is 1.83. The van der Waals surface area contributed by atoms with Crippen molar-refractivity contribution in [2.24, 2.45) is 0 Å². The average Bonchev–Trinajstić information content (AvgIpc) is 2.75. The largest absolute Gasteiger partial charge is 0.495 e. The number of aromatic nitrogens is 2. The van der Waals surface area contributed by atoms with Crippen LogP contribution >= 0.6 is 15.9 Å². The normalized spacial score (nSPS) is 10.9. The summed E-state index contributed by atoms with van der Waals surface area (Å²) in [6.45, 7) is 0. The summed E-state index contributed by atoms with van der Waals surface area (Å²) in [5, 5.41) is 0. The van der Waals surface area contributed by atoms with Gasteiger partial charge in [-0.3, -0.25) is 4.40 Å². The maximum Gasteiger partial charge on any atom is 0.146 e. The minimum absolute atomic E-state index is 0.284. The van der Waals surface area contributed by atoms with Crippen molar-refractivity contribution in [2.45, 2.75) is 0 Å². The molecule has 0 unspecified atom stereocenters. The Morgan fingerprint density at radius 2 is 2.11 bits per heavy atom. The molecule has 0 saturated heterocycles. The van der Waals surface area contributed by atoms with Gasteiger partial charge in [-0.25, -0.2) is 9.37 Å². The Hall–Kier alpha value is -1.88. The number of hydrogen-bond donors (Lipinski definition) is 0. The molecular formula is C14H10BrFN2O. The third kappa shape index (κ3) is 2.10. The molecule has 0 radical (unpaired) electrons. The van der Waals surface area contributed by atoms with E-state index in [4.69, 9.17) is 4.74 Å². The zero-order chi connectivity index (χ0) is 13.4. The van der Waals surface area contributed by atoms with Crippen molar-refractivity contribution in [3.63, 3.8) is 0 Å². The first-order chi connectivity index (χ1) is 9.19. The lowest BCUT2D eigenvalue weighted by Crippen LogP contribution is -1.92. The minimum atomic E-state index is -0.284. The van der Waals surface area contributed by atoms with Crippen LogP contribution in [0.3, 0.4) is 0 Å². The Bertz CT molecular complexity index is 754. The highest BCUT2D eigenvalue weighted by atomic mass is 79.9. The number of nitrogens with zero attached hydrogens (tertiary/aromatic N) is 2. The van der Waals surface area contributed by atoms with Gasteiger partial charge < -0.3 is 4.74 Å². The number of imidazole rings is 1. The first-order valence-corrected chi connectivity index (χ1v) is 6.46. The number of rotatable bonds is 2. The van der Waals surface area contributed by atoms with Crippen LogP contribution in [-0.4, -0.2) is 16.5 Å². The second kappa shape index (κ2) is 4.66. The van der Waals surface area contributed by atoms with E-state index in [1.54, 1.807) is 13.2 Å². The minimum Gasteiger partial charge on any atom is -0.495 e. The van der Waals surface area contributed by atoms with E-state index in [-0.39, 0.29) is 5.82 Å². The van der Waals surface area contributed by atoms with Crippen LogP contribution in [0.25, 0.3) is 16.9 Å². The lowest BCUT2D eigenvalue weighted by molar-refractivity contribution is 0.412. The van der Waals surface area contributed by atoms with Crippen LogP contribution in [0.15, 0.2) is 47.2 Å². The van der Waals surface area contributed by atoms with Crippen LogP contribution in [0.5, 0.6) is 5.75 Å². The maximum absolute atomic E-state index is 13.3. The standard InChI is InChI=1S/C14H10BrFN2O/c1-19-11-5-6-12-13(15)17-14(18(12)8-11)9-3-2-4-10(16)7-9/h2-8H,1H3. The number of pyridine rings is 1. The lowest BCUT2D eigenvalue weighted by atomic mass is 10.2. The van der Waals surface area contributed by atoms with Gasteiger partial charge in [-0.15, -0.1) is 0 Å². The molecule has 1 aromatic carbocycles. The second-order valence-corrected chi connectivity index (χ2v) is 4.81. The Kier molecular flexibility index (Phi) is 2.98. The highest BCUT2D eigenvalue weighted by Crippen LogP contribution is 2.28. The summed E-state index contributed by atoms with van der Waals surface area (Å²) in [6, 6.07) is 10.1. The van der Waals surface area contributed by atoms with Crippen LogP contribution in [-0.2, 0) is 0 Å². The Balaban J connectivity index is 2.28. The molecule has 3 aromatic rings. The van der Waals surface area contributed by atoms with Crippen LogP contribution in [0.2, 0.25) is 0 Å². The molecule has 0 atom stereocenters. The molecule has 2 heterocycles. The van der Waals surface area contributed by atoms with Crippen molar-refractivity contribution in [3.05, 3.63) is 53.0 Å². The maximum atomic E-state index is 13.3.